The number of benzene rings is 1. The number of rotatable bonds is 4. The predicted octanol–water partition coefficient (Wildman–Crippen LogP) is 1.92. The molecule has 0 aromatic heterocycles. The van der Waals surface area contributed by atoms with Gasteiger partial charge in [-0.15, -0.1) is 0 Å². The molecule has 0 saturated carbocycles. The molecular weight excluding hydrogens is 276 g/mol. The molecule has 0 bridgehead atoms. The summed E-state index contributed by atoms with van der Waals surface area (Å²) in [5.41, 5.74) is 1.00. The molecule has 1 aromatic carbocycles. The van der Waals surface area contributed by atoms with Crippen LogP contribution in [-0.4, -0.2) is 42.3 Å². The molecule has 7 nitrogen and oxygen atoms in total. The summed E-state index contributed by atoms with van der Waals surface area (Å²) in [6.45, 7) is 2.83. The Labute approximate surface area is 121 Å². The first kappa shape index (κ1) is 15.0. The highest BCUT2D eigenvalue weighted by atomic mass is 16.6. The second kappa shape index (κ2) is 6.85. The number of carboxylic acids is 1. The van der Waals surface area contributed by atoms with Crippen LogP contribution in [0.4, 0.5) is 11.4 Å². The lowest BCUT2D eigenvalue weighted by molar-refractivity contribution is -0.385. The van der Waals surface area contributed by atoms with Crippen molar-refractivity contribution in [3.05, 3.63) is 40.0 Å². The van der Waals surface area contributed by atoms with Gasteiger partial charge in [0.15, 0.2) is 0 Å². The van der Waals surface area contributed by atoms with E-state index in [1.165, 1.54) is 12.1 Å². The minimum absolute atomic E-state index is 0.109. The predicted molar refractivity (Wildman–Crippen MR) is 77.4 cm³/mol. The van der Waals surface area contributed by atoms with Crippen molar-refractivity contribution >= 4 is 23.4 Å². The Morgan fingerprint density at radius 1 is 1.38 bits per heavy atom. The van der Waals surface area contributed by atoms with Crippen LogP contribution in [0.25, 0.3) is 6.08 Å². The van der Waals surface area contributed by atoms with Crippen LogP contribution in [0.2, 0.25) is 0 Å². The zero-order chi connectivity index (χ0) is 15.2. The monoisotopic (exact) mass is 292 g/mol. The zero-order valence-corrected chi connectivity index (χ0v) is 11.4. The average molecular weight is 292 g/mol. The zero-order valence-electron chi connectivity index (χ0n) is 11.4. The van der Waals surface area contributed by atoms with Crippen molar-refractivity contribution in [2.45, 2.75) is 6.42 Å². The van der Waals surface area contributed by atoms with E-state index in [9.17, 15) is 14.9 Å². The fourth-order valence-corrected chi connectivity index (χ4v) is 2.20. The van der Waals surface area contributed by atoms with Gasteiger partial charge in [-0.3, -0.25) is 10.1 Å². The molecule has 0 spiro atoms. The van der Waals surface area contributed by atoms with Gasteiger partial charge in [-0.25, -0.2) is 4.79 Å². The number of hydrogen-bond donors (Lipinski definition) is 1. The summed E-state index contributed by atoms with van der Waals surface area (Å²) in [6.07, 6.45) is 3.03. The van der Waals surface area contributed by atoms with Gasteiger partial charge in [-0.05, 0) is 24.6 Å². The fourth-order valence-electron chi connectivity index (χ4n) is 2.20. The third-order valence-electron chi connectivity index (χ3n) is 3.20. The molecule has 21 heavy (non-hydrogen) atoms. The molecule has 1 aliphatic rings. The van der Waals surface area contributed by atoms with Gasteiger partial charge in [-0.2, -0.15) is 0 Å². The summed E-state index contributed by atoms with van der Waals surface area (Å²) in [7, 11) is 0. The van der Waals surface area contributed by atoms with Crippen molar-refractivity contribution in [3.63, 3.8) is 0 Å². The molecule has 0 unspecified atom stereocenters. The number of nitro groups is 1. The SMILES string of the molecule is O=C(O)/C=C/c1cc(N2CCCOCC2)ccc1[N+](=O)[O-]. The second-order valence-electron chi connectivity index (χ2n) is 4.62. The van der Waals surface area contributed by atoms with Gasteiger partial charge in [0.2, 0.25) is 0 Å². The lowest BCUT2D eigenvalue weighted by Gasteiger charge is -2.22. The van der Waals surface area contributed by atoms with Gasteiger partial charge in [0.1, 0.15) is 0 Å². The topological polar surface area (TPSA) is 92.9 Å². The van der Waals surface area contributed by atoms with E-state index in [2.05, 4.69) is 4.90 Å². The number of carboxylic acid groups (broad SMARTS) is 1. The van der Waals surface area contributed by atoms with Crippen LogP contribution in [0.1, 0.15) is 12.0 Å². The van der Waals surface area contributed by atoms with Gasteiger partial charge in [0.05, 0.1) is 17.1 Å². The molecule has 0 aliphatic carbocycles. The number of aliphatic carboxylic acids is 1. The lowest BCUT2D eigenvalue weighted by atomic mass is 10.1. The van der Waals surface area contributed by atoms with Gasteiger partial charge in [0, 0.05) is 37.5 Å². The first-order valence-corrected chi connectivity index (χ1v) is 6.60. The van der Waals surface area contributed by atoms with Crippen LogP contribution in [0, 0.1) is 10.1 Å². The lowest BCUT2D eigenvalue weighted by Crippen LogP contribution is -2.25. The van der Waals surface area contributed by atoms with Crippen molar-refractivity contribution < 1.29 is 19.6 Å². The maximum atomic E-state index is 11.0. The highest BCUT2D eigenvalue weighted by molar-refractivity contribution is 5.86. The highest BCUT2D eigenvalue weighted by Gasteiger charge is 2.16. The van der Waals surface area contributed by atoms with E-state index in [1.54, 1.807) is 12.1 Å². The summed E-state index contributed by atoms with van der Waals surface area (Å²) in [6, 6.07) is 4.73. The van der Waals surface area contributed by atoms with Gasteiger partial charge in [0.25, 0.3) is 5.69 Å². The van der Waals surface area contributed by atoms with Crippen LogP contribution in [0.5, 0.6) is 0 Å². The molecular formula is C14H16N2O5. The third-order valence-corrected chi connectivity index (χ3v) is 3.20. The van der Waals surface area contributed by atoms with Crippen LogP contribution in [-0.2, 0) is 9.53 Å². The summed E-state index contributed by atoms with van der Waals surface area (Å²) in [4.78, 5) is 23.2. The maximum Gasteiger partial charge on any atom is 0.328 e. The molecule has 1 aliphatic heterocycles. The second-order valence-corrected chi connectivity index (χ2v) is 4.62. The van der Waals surface area contributed by atoms with Crippen molar-refractivity contribution in [1.29, 1.82) is 0 Å². The molecule has 0 atom stereocenters. The summed E-state index contributed by atoms with van der Waals surface area (Å²) in [5, 5.41) is 19.7. The van der Waals surface area contributed by atoms with Crippen molar-refractivity contribution in [1.82, 2.24) is 0 Å². The first-order chi connectivity index (χ1) is 10.1. The molecule has 1 saturated heterocycles. The van der Waals surface area contributed by atoms with E-state index in [1.807, 2.05) is 0 Å². The Bertz CT molecular complexity index is 562. The molecule has 1 aromatic rings. The Balaban J connectivity index is 2.33. The molecule has 1 N–H and O–H groups in total. The van der Waals surface area contributed by atoms with E-state index in [-0.39, 0.29) is 11.3 Å². The Kier molecular flexibility index (Phi) is 4.89. The van der Waals surface area contributed by atoms with Crippen LogP contribution in [0.15, 0.2) is 24.3 Å². The molecule has 0 radical (unpaired) electrons. The molecule has 0 amide bonds. The van der Waals surface area contributed by atoms with Crippen LogP contribution >= 0.6 is 0 Å². The number of ether oxygens (including phenoxy) is 1. The number of anilines is 1. The summed E-state index contributed by atoms with van der Waals surface area (Å²) >= 11 is 0. The molecule has 1 heterocycles. The van der Waals surface area contributed by atoms with Gasteiger partial charge in [-0.1, -0.05) is 0 Å². The van der Waals surface area contributed by atoms with E-state index in [0.717, 1.165) is 24.7 Å². The van der Waals surface area contributed by atoms with Gasteiger partial charge >= 0.3 is 5.97 Å². The standard InChI is InChI=1S/C14H16N2O5/c17-14(18)5-2-11-10-12(3-4-13(11)16(19)20)15-6-1-8-21-9-7-15/h2-5,10H,1,6-9H2,(H,17,18)/b5-2+. The Morgan fingerprint density at radius 2 is 2.19 bits per heavy atom. The normalized spacial score (nSPS) is 15.9. The molecule has 7 heteroatoms. The quantitative estimate of drug-likeness (QED) is 0.517. The summed E-state index contributed by atoms with van der Waals surface area (Å²) in [5.74, 6) is -1.14. The Hall–Kier alpha value is -2.41. The van der Waals surface area contributed by atoms with Crippen LogP contribution < -0.4 is 4.90 Å². The molecule has 112 valence electrons. The van der Waals surface area contributed by atoms with Crippen molar-refractivity contribution in [2.24, 2.45) is 0 Å². The average Bonchev–Trinajstić information content (AvgIpc) is 2.73. The molecule has 1 fully saturated rings. The van der Waals surface area contributed by atoms with E-state index >= 15 is 0 Å². The third kappa shape index (κ3) is 4.03. The summed E-state index contributed by atoms with van der Waals surface area (Å²) < 4.78 is 5.38. The van der Waals surface area contributed by atoms with Gasteiger partial charge < -0.3 is 14.7 Å². The number of carbonyl (C=O) groups is 1. The number of hydrogen-bond acceptors (Lipinski definition) is 5. The smallest absolute Gasteiger partial charge is 0.328 e. The Morgan fingerprint density at radius 3 is 2.90 bits per heavy atom. The van der Waals surface area contributed by atoms with E-state index < -0.39 is 10.9 Å². The van der Waals surface area contributed by atoms with Crippen LogP contribution in [0.3, 0.4) is 0 Å². The van der Waals surface area contributed by atoms with E-state index in [0.29, 0.717) is 19.8 Å². The van der Waals surface area contributed by atoms with Crippen molar-refractivity contribution in [2.75, 3.05) is 31.2 Å². The largest absolute Gasteiger partial charge is 0.478 e. The number of nitrogens with zero attached hydrogens (tertiary/aromatic N) is 2. The van der Waals surface area contributed by atoms with Crippen molar-refractivity contribution in [3.8, 4) is 0 Å². The maximum absolute atomic E-state index is 11.0. The first-order valence-electron chi connectivity index (χ1n) is 6.60. The minimum atomic E-state index is -1.14. The minimum Gasteiger partial charge on any atom is -0.478 e. The highest BCUT2D eigenvalue weighted by Crippen LogP contribution is 2.26. The number of nitro benzene ring substituents is 1. The molecule has 2 rings (SSSR count). The fraction of sp³-hybridized carbons (Fsp3) is 0.357. The van der Waals surface area contributed by atoms with E-state index in [4.69, 9.17) is 9.84 Å².